The monoisotopic (exact) mass is 430 g/mol. The molecule has 9 heteroatoms. The van der Waals surface area contributed by atoms with E-state index in [9.17, 15) is 9.18 Å². The number of carbonyl (C=O) groups is 1. The standard InChI is InChI=1S/C23H19FN6O2/c1-32-23(31)17-2-3-18(19(24)10-17)14-30(22-13-26-8-9-29-22)21-12-16(5-7-28-21)15-4-6-27-20(25)11-15/h2-13H,14H2,1H3,(H2,25,27). The average molecular weight is 430 g/mol. The van der Waals surface area contributed by atoms with Gasteiger partial charge in [-0.25, -0.2) is 24.1 Å². The first kappa shape index (κ1) is 20.9. The van der Waals surface area contributed by atoms with Gasteiger partial charge in [0.15, 0.2) is 5.82 Å². The third-order valence-electron chi connectivity index (χ3n) is 4.77. The number of nitrogens with zero attached hydrogens (tertiary/aromatic N) is 5. The summed E-state index contributed by atoms with van der Waals surface area (Å²) in [5, 5.41) is 0. The van der Waals surface area contributed by atoms with Crippen LogP contribution in [-0.2, 0) is 11.3 Å². The molecule has 3 aromatic heterocycles. The largest absolute Gasteiger partial charge is 0.465 e. The number of pyridine rings is 2. The molecule has 0 saturated heterocycles. The molecule has 160 valence electrons. The summed E-state index contributed by atoms with van der Waals surface area (Å²) in [6, 6.07) is 11.5. The number of rotatable bonds is 6. The van der Waals surface area contributed by atoms with Crippen molar-refractivity contribution in [3.63, 3.8) is 0 Å². The number of halogens is 1. The second-order valence-corrected chi connectivity index (χ2v) is 6.82. The first-order valence-electron chi connectivity index (χ1n) is 9.63. The molecule has 3 heterocycles. The summed E-state index contributed by atoms with van der Waals surface area (Å²) >= 11 is 0. The van der Waals surface area contributed by atoms with Crippen LogP contribution >= 0.6 is 0 Å². The minimum atomic E-state index is -0.604. The summed E-state index contributed by atoms with van der Waals surface area (Å²) in [5.41, 5.74) is 8.03. The lowest BCUT2D eigenvalue weighted by atomic mass is 10.1. The van der Waals surface area contributed by atoms with Gasteiger partial charge in [0, 0.05) is 30.4 Å². The van der Waals surface area contributed by atoms with Gasteiger partial charge in [-0.1, -0.05) is 6.07 Å². The smallest absolute Gasteiger partial charge is 0.337 e. The predicted molar refractivity (Wildman–Crippen MR) is 117 cm³/mol. The topological polar surface area (TPSA) is 107 Å². The first-order valence-corrected chi connectivity index (χ1v) is 9.63. The summed E-state index contributed by atoms with van der Waals surface area (Å²) in [6.07, 6.45) is 7.95. The number of methoxy groups -OCH3 is 1. The van der Waals surface area contributed by atoms with Crippen molar-refractivity contribution in [3.05, 3.63) is 90.4 Å². The highest BCUT2D eigenvalue weighted by Crippen LogP contribution is 2.29. The number of hydrogen-bond donors (Lipinski definition) is 1. The maximum absolute atomic E-state index is 14.8. The minimum Gasteiger partial charge on any atom is -0.465 e. The molecule has 0 aliphatic rings. The van der Waals surface area contributed by atoms with E-state index in [1.807, 2.05) is 18.2 Å². The molecule has 0 radical (unpaired) electrons. The summed E-state index contributed by atoms with van der Waals surface area (Å²) in [4.78, 5) is 30.4. The number of hydrogen-bond acceptors (Lipinski definition) is 8. The second kappa shape index (κ2) is 9.17. The molecule has 1 aromatic carbocycles. The Morgan fingerprint density at radius 1 is 0.969 bits per heavy atom. The van der Waals surface area contributed by atoms with E-state index in [-0.39, 0.29) is 12.1 Å². The van der Waals surface area contributed by atoms with Crippen molar-refractivity contribution < 1.29 is 13.9 Å². The maximum atomic E-state index is 14.8. The predicted octanol–water partition coefficient (Wildman–Crippen LogP) is 3.78. The Kier molecular flexibility index (Phi) is 5.98. The average Bonchev–Trinajstić information content (AvgIpc) is 2.83. The lowest BCUT2D eigenvalue weighted by Crippen LogP contribution is -2.20. The van der Waals surface area contributed by atoms with E-state index in [1.165, 1.54) is 13.2 Å². The van der Waals surface area contributed by atoms with Crippen LogP contribution in [0.3, 0.4) is 0 Å². The third kappa shape index (κ3) is 4.51. The van der Waals surface area contributed by atoms with Crippen LogP contribution in [0.15, 0.2) is 73.4 Å². The number of nitrogen functional groups attached to an aromatic ring is 1. The van der Waals surface area contributed by atoms with Crippen LogP contribution in [0, 0.1) is 5.82 Å². The number of nitrogens with two attached hydrogens (primary N) is 1. The van der Waals surface area contributed by atoms with Crippen LogP contribution in [0.5, 0.6) is 0 Å². The van der Waals surface area contributed by atoms with E-state index in [0.717, 1.165) is 17.2 Å². The van der Waals surface area contributed by atoms with E-state index in [0.29, 0.717) is 23.0 Å². The molecule has 32 heavy (non-hydrogen) atoms. The fraction of sp³-hybridized carbons (Fsp3) is 0.0870. The van der Waals surface area contributed by atoms with Crippen LogP contribution in [0.2, 0.25) is 0 Å². The van der Waals surface area contributed by atoms with Gasteiger partial charge < -0.3 is 15.4 Å². The van der Waals surface area contributed by atoms with Gasteiger partial charge in [-0.15, -0.1) is 0 Å². The summed E-state index contributed by atoms with van der Waals surface area (Å²) < 4.78 is 19.5. The van der Waals surface area contributed by atoms with Crippen molar-refractivity contribution in [1.29, 1.82) is 0 Å². The van der Waals surface area contributed by atoms with Gasteiger partial charge in [-0.3, -0.25) is 4.98 Å². The molecule has 0 atom stereocenters. The molecule has 4 aromatic rings. The van der Waals surface area contributed by atoms with Crippen molar-refractivity contribution in [1.82, 2.24) is 19.9 Å². The molecular formula is C23H19FN6O2. The zero-order valence-electron chi connectivity index (χ0n) is 17.1. The Morgan fingerprint density at radius 2 is 1.72 bits per heavy atom. The lowest BCUT2D eigenvalue weighted by molar-refractivity contribution is 0.0600. The molecule has 0 unspecified atom stereocenters. The van der Waals surface area contributed by atoms with Crippen LogP contribution in [0.4, 0.5) is 21.8 Å². The number of esters is 1. The molecule has 0 bridgehead atoms. The highest BCUT2D eigenvalue weighted by molar-refractivity contribution is 5.89. The number of carbonyl (C=O) groups excluding carboxylic acids is 1. The van der Waals surface area contributed by atoms with Crippen LogP contribution in [-0.4, -0.2) is 33.0 Å². The molecule has 0 aliphatic carbocycles. The van der Waals surface area contributed by atoms with Gasteiger partial charge in [0.1, 0.15) is 17.5 Å². The Balaban J connectivity index is 1.73. The summed E-state index contributed by atoms with van der Waals surface area (Å²) in [5.74, 6) is 0.282. The molecule has 2 N–H and O–H groups in total. The zero-order chi connectivity index (χ0) is 22.5. The first-order chi connectivity index (χ1) is 15.5. The van der Waals surface area contributed by atoms with E-state index in [1.54, 1.807) is 48.0 Å². The van der Waals surface area contributed by atoms with Crippen molar-refractivity contribution in [2.24, 2.45) is 0 Å². The maximum Gasteiger partial charge on any atom is 0.337 e. The minimum absolute atomic E-state index is 0.112. The Hall–Kier alpha value is -4.40. The second-order valence-electron chi connectivity index (χ2n) is 6.82. The number of anilines is 3. The number of ether oxygens (including phenoxy) is 1. The third-order valence-corrected chi connectivity index (χ3v) is 4.77. The van der Waals surface area contributed by atoms with Crippen LogP contribution in [0.1, 0.15) is 15.9 Å². The van der Waals surface area contributed by atoms with E-state index >= 15 is 0 Å². The van der Waals surface area contributed by atoms with Crippen molar-refractivity contribution >= 4 is 23.4 Å². The van der Waals surface area contributed by atoms with E-state index < -0.39 is 11.8 Å². The van der Waals surface area contributed by atoms with Gasteiger partial charge >= 0.3 is 5.97 Å². The van der Waals surface area contributed by atoms with E-state index in [4.69, 9.17) is 5.73 Å². The molecule has 8 nitrogen and oxygen atoms in total. The molecular weight excluding hydrogens is 411 g/mol. The van der Waals surface area contributed by atoms with Crippen molar-refractivity contribution in [3.8, 4) is 11.1 Å². The van der Waals surface area contributed by atoms with E-state index in [2.05, 4.69) is 24.7 Å². The van der Waals surface area contributed by atoms with Gasteiger partial charge in [0.05, 0.1) is 25.4 Å². The highest BCUT2D eigenvalue weighted by atomic mass is 19.1. The van der Waals surface area contributed by atoms with Crippen molar-refractivity contribution in [2.75, 3.05) is 17.7 Å². The molecule has 0 fully saturated rings. The van der Waals surface area contributed by atoms with Crippen molar-refractivity contribution in [2.45, 2.75) is 6.54 Å². The van der Waals surface area contributed by atoms with Gasteiger partial charge in [0.2, 0.25) is 0 Å². The summed E-state index contributed by atoms with van der Waals surface area (Å²) in [6.45, 7) is 0.112. The molecule has 0 aliphatic heterocycles. The number of aromatic nitrogens is 4. The Labute approximate surface area is 183 Å². The molecule has 0 amide bonds. The fourth-order valence-corrected chi connectivity index (χ4v) is 3.17. The zero-order valence-corrected chi connectivity index (χ0v) is 17.1. The fourth-order valence-electron chi connectivity index (χ4n) is 3.17. The number of benzene rings is 1. The highest BCUT2D eigenvalue weighted by Gasteiger charge is 2.18. The van der Waals surface area contributed by atoms with Crippen LogP contribution < -0.4 is 10.6 Å². The van der Waals surface area contributed by atoms with Crippen LogP contribution in [0.25, 0.3) is 11.1 Å². The SMILES string of the molecule is COC(=O)c1ccc(CN(c2cnccn2)c2cc(-c3ccnc(N)c3)ccn2)c(F)c1. The lowest BCUT2D eigenvalue weighted by Gasteiger charge is -2.23. The molecule has 4 rings (SSSR count). The van der Waals surface area contributed by atoms with Gasteiger partial charge in [-0.05, 0) is 47.5 Å². The summed E-state index contributed by atoms with van der Waals surface area (Å²) in [7, 11) is 1.25. The van der Waals surface area contributed by atoms with Gasteiger partial charge in [-0.2, -0.15) is 0 Å². The van der Waals surface area contributed by atoms with Gasteiger partial charge in [0.25, 0.3) is 0 Å². The normalized spacial score (nSPS) is 10.6. The Morgan fingerprint density at radius 3 is 2.41 bits per heavy atom. The quantitative estimate of drug-likeness (QED) is 0.461. The Bertz CT molecular complexity index is 1250. The molecule has 0 spiro atoms. The molecule has 0 saturated carbocycles.